The highest BCUT2D eigenvalue weighted by Gasteiger charge is 2.38. The maximum absolute atomic E-state index is 5.72. The van der Waals surface area contributed by atoms with Crippen LogP contribution in [-0.4, -0.2) is 49.8 Å². The molecule has 2 rings (SSSR count). The van der Waals surface area contributed by atoms with Gasteiger partial charge in [0.15, 0.2) is 0 Å². The van der Waals surface area contributed by atoms with Crippen LogP contribution in [0.1, 0.15) is 52.9 Å². The van der Waals surface area contributed by atoms with Crippen LogP contribution >= 0.6 is 0 Å². The standard InChI is InChI=1S/C16H32N2O/c1-13(2)17-11-16(8-5-6-9-16)12-18(4)15-7-10-19-14(15)3/h13-15,17H,5-12H2,1-4H3. The van der Waals surface area contributed by atoms with Crippen molar-refractivity contribution >= 4 is 0 Å². The van der Waals surface area contributed by atoms with E-state index in [-0.39, 0.29) is 0 Å². The third-order valence-corrected chi connectivity index (χ3v) is 5.04. The minimum absolute atomic E-state index is 0.404. The van der Waals surface area contributed by atoms with Gasteiger partial charge in [0.05, 0.1) is 6.10 Å². The minimum Gasteiger partial charge on any atom is -0.377 e. The zero-order valence-corrected chi connectivity index (χ0v) is 13.2. The highest BCUT2D eigenvalue weighted by molar-refractivity contribution is 4.92. The van der Waals surface area contributed by atoms with Crippen LogP contribution in [0.25, 0.3) is 0 Å². The Balaban J connectivity index is 1.92. The molecule has 19 heavy (non-hydrogen) atoms. The van der Waals surface area contributed by atoms with E-state index in [1.54, 1.807) is 0 Å². The molecule has 0 radical (unpaired) electrons. The summed E-state index contributed by atoms with van der Waals surface area (Å²) in [6.07, 6.45) is 7.19. The third kappa shape index (κ3) is 3.93. The Labute approximate surface area is 119 Å². The molecule has 2 unspecified atom stereocenters. The molecule has 2 fully saturated rings. The van der Waals surface area contributed by atoms with Crippen molar-refractivity contribution in [2.75, 3.05) is 26.7 Å². The zero-order valence-electron chi connectivity index (χ0n) is 13.2. The van der Waals surface area contributed by atoms with E-state index in [0.29, 0.717) is 23.6 Å². The average molecular weight is 268 g/mol. The Bertz CT molecular complexity index is 274. The second kappa shape index (κ2) is 6.55. The number of nitrogens with zero attached hydrogens (tertiary/aromatic N) is 1. The first-order valence-corrected chi connectivity index (χ1v) is 8.08. The fourth-order valence-corrected chi connectivity index (χ4v) is 3.88. The van der Waals surface area contributed by atoms with Crippen LogP contribution in [-0.2, 0) is 4.74 Å². The van der Waals surface area contributed by atoms with E-state index in [9.17, 15) is 0 Å². The van der Waals surface area contributed by atoms with E-state index in [0.717, 1.165) is 6.61 Å². The molecular formula is C16H32N2O. The molecule has 0 aromatic rings. The molecule has 1 aliphatic heterocycles. The summed E-state index contributed by atoms with van der Waals surface area (Å²) >= 11 is 0. The molecule has 0 bridgehead atoms. The van der Waals surface area contributed by atoms with Gasteiger partial charge in [-0.15, -0.1) is 0 Å². The van der Waals surface area contributed by atoms with Crippen molar-refractivity contribution in [2.24, 2.45) is 5.41 Å². The number of likely N-dealkylation sites (N-methyl/N-ethyl adjacent to an activating group) is 1. The summed E-state index contributed by atoms with van der Waals surface area (Å²) in [5.41, 5.74) is 0.501. The fraction of sp³-hybridized carbons (Fsp3) is 1.00. The maximum Gasteiger partial charge on any atom is 0.0702 e. The molecule has 1 N–H and O–H groups in total. The Morgan fingerprint density at radius 2 is 2.00 bits per heavy atom. The predicted molar refractivity (Wildman–Crippen MR) is 80.5 cm³/mol. The average Bonchev–Trinajstić information content (AvgIpc) is 2.96. The van der Waals surface area contributed by atoms with Gasteiger partial charge in [-0.25, -0.2) is 0 Å². The van der Waals surface area contributed by atoms with Gasteiger partial charge in [-0.2, -0.15) is 0 Å². The zero-order chi connectivity index (χ0) is 13.9. The molecule has 2 aliphatic rings. The van der Waals surface area contributed by atoms with Crippen molar-refractivity contribution in [3.05, 3.63) is 0 Å². The van der Waals surface area contributed by atoms with Crippen molar-refractivity contribution in [1.29, 1.82) is 0 Å². The fourth-order valence-electron chi connectivity index (χ4n) is 3.88. The smallest absolute Gasteiger partial charge is 0.0702 e. The van der Waals surface area contributed by atoms with Gasteiger partial charge < -0.3 is 15.0 Å². The predicted octanol–water partition coefficient (Wildman–Crippen LogP) is 2.65. The topological polar surface area (TPSA) is 24.5 Å². The molecule has 112 valence electrons. The van der Waals surface area contributed by atoms with E-state index >= 15 is 0 Å². The van der Waals surface area contributed by atoms with Crippen molar-refractivity contribution in [2.45, 2.75) is 71.1 Å². The summed E-state index contributed by atoms with van der Waals surface area (Å²) in [6.45, 7) is 10.1. The van der Waals surface area contributed by atoms with E-state index in [1.807, 2.05) is 0 Å². The van der Waals surface area contributed by atoms with E-state index < -0.39 is 0 Å². The highest BCUT2D eigenvalue weighted by atomic mass is 16.5. The molecule has 3 nitrogen and oxygen atoms in total. The minimum atomic E-state index is 0.404. The van der Waals surface area contributed by atoms with Crippen LogP contribution < -0.4 is 5.32 Å². The second-order valence-electron chi connectivity index (χ2n) is 7.09. The lowest BCUT2D eigenvalue weighted by molar-refractivity contribution is 0.0632. The van der Waals surface area contributed by atoms with Crippen LogP contribution in [0.3, 0.4) is 0 Å². The quantitative estimate of drug-likeness (QED) is 0.801. The van der Waals surface area contributed by atoms with Gasteiger partial charge >= 0.3 is 0 Å². The normalized spacial score (nSPS) is 30.6. The SMILES string of the molecule is CC(C)NCC1(CN(C)C2CCOC2C)CCCC1. The molecule has 3 heteroatoms. The van der Waals surface area contributed by atoms with Gasteiger partial charge in [-0.1, -0.05) is 26.7 Å². The van der Waals surface area contributed by atoms with E-state index in [2.05, 4.69) is 38.0 Å². The summed E-state index contributed by atoms with van der Waals surface area (Å²) in [5.74, 6) is 0. The number of hydrogen-bond acceptors (Lipinski definition) is 3. The maximum atomic E-state index is 5.72. The summed E-state index contributed by atoms with van der Waals surface area (Å²) in [5, 5.41) is 3.68. The van der Waals surface area contributed by atoms with Crippen molar-refractivity contribution in [3.8, 4) is 0 Å². The van der Waals surface area contributed by atoms with Gasteiger partial charge in [-0.05, 0) is 38.6 Å². The van der Waals surface area contributed by atoms with Gasteiger partial charge in [0.2, 0.25) is 0 Å². The molecule has 0 spiro atoms. The first kappa shape index (κ1) is 15.3. The molecule has 1 heterocycles. The first-order chi connectivity index (χ1) is 9.02. The monoisotopic (exact) mass is 268 g/mol. The van der Waals surface area contributed by atoms with Crippen LogP contribution in [0.4, 0.5) is 0 Å². The molecule has 1 aliphatic carbocycles. The number of ether oxygens (including phenoxy) is 1. The van der Waals surface area contributed by atoms with Gasteiger partial charge in [0.25, 0.3) is 0 Å². The van der Waals surface area contributed by atoms with Crippen LogP contribution in [0.5, 0.6) is 0 Å². The Kier molecular flexibility index (Phi) is 5.27. The van der Waals surface area contributed by atoms with Crippen LogP contribution in [0.2, 0.25) is 0 Å². The van der Waals surface area contributed by atoms with Crippen LogP contribution in [0.15, 0.2) is 0 Å². The van der Waals surface area contributed by atoms with Crippen molar-refractivity contribution < 1.29 is 4.74 Å². The largest absolute Gasteiger partial charge is 0.377 e. The summed E-state index contributed by atoms with van der Waals surface area (Å²) in [6, 6.07) is 1.22. The molecule has 1 saturated carbocycles. The van der Waals surface area contributed by atoms with Gasteiger partial charge in [-0.3, -0.25) is 0 Å². The summed E-state index contributed by atoms with van der Waals surface area (Å²) in [7, 11) is 2.30. The lowest BCUT2D eigenvalue weighted by Crippen LogP contribution is -2.47. The lowest BCUT2D eigenvalue weighted by atomic mass is 9.84. The number of hydrogen-bond donors (Lipinski definition) is 1. The van der Waals surface area contributed by atoms with Crippen molar-refractivity contribution in [3.63, 3.8) is 0 Å². The Hall–Kier alpha value is -0.120. The first-order valence-electron chi connectivity index (χ1n) is 8.08. The Morgan fingerprint density at radius 3 is 2.53 bits per heavy atom. The van der Waals surface area contributed by atoms with Gasteiger partial charge in [0, 0.05) is 31.8 Å². The molecular weight excluding hydrogens is 236 g/mol. The lowest BCUT2D eigenvalue weighted by Gasteiger charge is -2.38. The highest BCUT2D eigenvalue weighted by Crippen LogP contribution is 2.39. The third-order valence-electron chi connectivity index (χ3n) is 5.04. The molecule has 2 atom stereocenters. The second-order valence-corrected chi connectivity index (χ2v) is 7.09. The number of rotatable bonds is 6. The Morgan fingerprint density at radius 1 is 1.32 bits per heavy atom. The number of nitrogens with one attached hydrogen (secondary N) is 1. The molecule has 0 aromatic heterocycles. The van der Waals surface area contributed by atoms with Crippen molar-refractivity contribution in [1.82, 2.24) is 10.2 Å². The summed E-state index contributed by atoms with van der Waals surface area (Å²) < 4.78 is 5.72. The molecule has 0 aromatic carbocycles. The van der Waals surface area contributed by atoms with Gasteiger partial charge in [0.1, 0.15) is 0 Å². The van der Waals surface area contributed by atoms with E-state index in [4.69, 9.17) is 4.74 Å². The summed E-state index contributed by atoms with van der Waals surface area (Å²) in [4.78, 5) is 2.57. The molecule has 0 amide bonds. The van der Waals surface area contributed by atoms with Crippen LogP contribution in [0, 0.1) is 5.41 Å². The molecule has 1 saturated heterocycles. The van der Waals surface area contributed by atoms with E-state index in [1.165, 1.54) is 45.2 Å².